The lowest BCUT2D eigenvalue weighted by Crippen LogP contribution is -2.22. The zero-order valence-corrected chi connectivity index (χ0v) is 16.4. The van der Waals surface area contributed by atoms with Crippen molar-refractivity contribution in [3.8, 4) is 21.6 Å². The monoisotopic (exact) mass is 384 g/mol. The molecule has 0 saturated heterocycles. The predicted molar refractivity (Wildman–Crippen MR) is 115 cm³/mol. The number of amides is 1. The van der Waals surface area contributed by atoms with Gasteiger partial charge in [0.05, 0.1) is 0 Å². The molecule has 0 aliphatic heterocycles. The number of aryl methyl sites for hydroxylation is 1. The fourth-order valence-corrected chi connectivity index (χ4v) is 3.71. The second-order valence-corrected chi connectivity index (χ2v) is 7.63. The quantitative estimate of drug-likeness (QED) is 0.478. The fourth-order valence-electron chi connectivity index (χ4n) is 3.01. The molecule has 0 aliphatic rings. The van der Waals surface area contributed by atoms with Gasteiger partial charge >= 0.3 is 0 Å². The molecule has 0 saturated carbocycles. The number of nitrogens with one attached hydrogen (secondary N) is 1. The van der Waals surface area contributed by atoms with E-state index in [0.29, 0.717) is 12.1 Å². The number of hydrogen-bond acceptors (Lipinski definition) is 3. The fraction of sp³-hybridized carbons (Fsp3) is 0.0833. The number of aromatic nitrogens is 1. The summed E-state index contributed by atoms with van der Waals surface area (Å²) in [7, 11) is 0. The Labute approximate surface area is 168 Å². The Balaban J connectivity index is 1.41. The Morgan fingerprint density at radius 1 is 0.929 bits per heavy atom. The summed E-state index contributed by atoms with van der Waals surface area (Å²) in [6.45, 7) is 2.52. The molecule has 4 heteroatoms. The summed E-state index contributed by atoms with van der Waals surface area (Å²) in [4.78, 5) is 18.0. The average Bonchev–Trinajstić information content (AvgIpc) is 3.28. The summed E-state index contributed by atoms with van der Waals surface area (Å²) in [5, 5.41) is 5.02. The van der Waals surface area contributed by atoms with Gasteiger partial charge in [0.1, 0.15) is 0 Å². The molecule has 2 aromatic heterocycles. The molecular formula is C24H20N2OS. The lowest BCUT2D eigenvalue weighted by Gasteiger charge is -2.08. The van der Waals surface area contributed by atoms with Gasteiger partial charge in [-0.1, -0.05) is 48.0 Å². The number of rotatable bonds is 5. The van der Waals surface area contributed by atoms with E-state index in [2.05, 4.69) is 53.6 Å². The zero-order valence-electron chi connectivity index (χ0n) is 15.6. The van der Waals surface area contributed by atoms with Gasteiger partial charge in [-0.3, -0.25) is 9.78 Å². The van der Waals surface area contributed by atoms with Crippen molar-refractivity contribution >= 4 is 17.2 Å². The molecule has 2 aromatic carbocycles. The van der Waals surface area contributed by atoms with E-state index in [1.807, 2.05) is 41.9 Å². The van der Waals surface area contributed by atoms with Crippen LogP contribution in [-0.2, 0) is 6.54 Å². The van der Waals surface area contributed by atoms with Crippen LogP contribution in [0.1, 0.15) is 21.5 Å². The third kappa shape index (κ3) is 4.18. The van der Waals surface area contributed by atoms with Gasteiger partial charge in [-0.25, -0.2) is 0 Å². The van der Waals surface area contributed by atoms with Gasteiger partial charge in [-0.05, 0) is 53.3 Å². The maximum absolute atomic E-state index is 12.5. The van der Waals surface area contributed by atoms with Crippen LogP contribution in [0, 0.1) is 6.92 Å². The van der Waals surface area contributed by atoms with Crippen molar-refractivity contribution < 1.29 is 4.79 Å². The van der Waals surface area contributed by atoms with Crippen LogP contribution in [0.4, 0.5) is 0 Å². The zero-order chi connectivity index (χ0) is 19.3. The third-order valence-electron chi connectivity index (χ3n) is 4.59. The molecule has 28 heavy (non-hydrogen) atoms. The van der Waals surface area contributed by atoms with Gasteiger partial charge in [0, 0.05) is 34.9 Å². The van der Waals surface area contributed by atoms with E-state index in [4.69, 9.17) is 0 Å². The maximum Gasteiger partial charge on any atom is 0.251 e. The van der Waals surface area contributed by atoms with Gasteiger partial charge in [0.25, 0.3) is 5.91 Å². The van der Waals surface area contributed by atoms with Crippen LogP contribution >= 0.6 is 11.3 Å². The first-order valence-corrected chi connectivity index (χ1v) is 10.00. The van der Waals surface area contributed by atoms with Crippen molar-refractivity contribution in [1.82, 2.24) is 10.3 Å². The number of thiophene rings is 1. The highest BCUT2D eigenvalue weighted by Gasteiger charge is 2.07. The van der Waals surface area contributed by atoms with Gasteiger partial charge in [0.2, 0.25) is 0 Å². The Morgan fingerprint density at radius 3 is 2.32 bits per heavy atom. The maximum atomic E-state index is 12.5. The van der Waals surface area contributed by atoms with E-state index in [1.54, 1.807) is 17.5 Å². The minimum Gasteiger partial charge on any atom is -0.348 e. The highest BCUT2D eigenvalue weighted by atomic mass is 32.1. The van der Waals surface area contributed by atoms with E-state index < -0.39 is 0 Å². The first kappa shape index (κ1) is 18.1. The minimum atomic E-state index is -0.0861. The highest BCUT2D eigenvalue weighted by Crippen LogP contribution is 2.24. The molecule has 0 atom stereocenters. The highest BCUT2D eigenvalue weighted by molar-refractivity contribution is 7.13. The largest absolute Gasteiger partial charge is 0.348 e. The molecule has 0 radical (unpaired) electrons. The van der Waals surface area contributed by atoms with E-state index in [0.717, 1.165) is 22.3 Å². The van der Waals surface area contributed by atoms with Crippen molar-refractivity contribution in [3.05, 3.63) is 101 Å². The van der Waals surface area contributed by atoms with Gasteiger partial charge in [-0.15, -0.1) is 11.3 Å². The number of benzene rings is 2. The Kier molecular flexibility index (Phi) is 5.31. The molecule has 0 spiro atoms. The molecule has 0 aliphatic carbocycles. The molecule has 1 amide bonds. The van der Waals surface area contributed by atoms with Crippen molar-refractivity contribution in [2.45, 2.75) is 13.5 Å². The van der Waals surface area contributed by atoms with E-state index in [-0.39, 0.29) is 5.91 Å². The number of carbonyl (C=O) groups is 1. The molecule has 3 nitrogen and oxygen atoms in total. The lowest BCUT2D eigenvalue weighted by atomic mass is 10.0. The summed E-state index contributed by atoms with van der Waals surface area (Å²) < 4.78 is 0. The lowest BCUT2D eigenvalue weighted by molar-refractivity contribution is 0.0951. The Morgan fingerprint density at radius 2 is 1.64 bits per heavy atom. The topological polar surface area (TPSA) is 42.0 Å². The van der Waals surface area contributed by atoms with Crippen molar-refractivity contribution in [2.24, 2.45) is 0 Å². The molecule has 2 heterocycles. The van der Waals surface area contributed by atoms with E-state index in [9.17, 15) is 4.79 Å². The smallest absolute Gasteiger partial charge is 0.251 e. The second kappa shape index (κ2) is 8.19. The van der Waals surface area contributed by atoms with Crippen LogP contribution in [0.25, 0.3) is 21.6 Å². The van der Waals surface area contributed by atoms with Crippen molar-refractivity contribution in [3.63, 3.8) is 0 Å². The van der Waals surface area contributed by atoms with Crippen LogP contribution in [0.5, 0.6) is 0 Å². The molecule has 0 unspecified atom stereocenters. The number of hydrogen-bond donors (Lipinski definition) is 1. The molecule has 4 rings (SSSR count). The van der Waals surface area contributed by atoms with Gasteiger partial charge in [0.15, 0.2) is 0 Å². The summed E-state index contributed by atoms with van der Waals surface area (Å²) >= 11 is 1.68. The first-order chi connectivity index (χ1) is 13.7. The first-order valence-electron chi connectivity index (χ1n) is 9.12. The van der Waals surface area contributed by atoms with Crippen LogP contribution in [-0.4, -0.2) is 10.9 Å². The molecule has 138 valence electrons. The summed E-state index contributed by atoms with van der Waals surface area (Å²) in [6, 6.07) is 22.2. The Hall–Kier alpha value is -3.24. The summed E-state index contributed by atoms with van der Waals surface area (Å²) in [5.41, 5.74) is 6.19. The standard InChI is InChI=1S/C24H20N2OS/c1-17-4-6-19(7-5-17)20-8-10-21(11-9-20)24(27)26-15-18-13-22(16-25-14-18)23-3-2-12-28-23/h2-14,16H,15H2,1H3,(H,26,27). The predicted octanol–water partition coefficient (Wildman–Crippen LogP) is 5.72. The van der Waals surface area contributed by atoms with Crippen molar-refractivity contribution in [1.29, 1.82) is 0 Å². The molecule has 1 N–H and O–H groups in total. The van der Waals surface area contributed by atoms with Gasteiger partial charge in [-0.2, -0.15) is 0 Å². The molecule has 0 bridgehead atoms. The average molecular weight is 385 g/mol. The van der Waals surface area contributed by atoms with Crippen LogP contribution in [0.3, 0.4) is 0 Å². The summed E-state index contributed by atoms with van der Waals surface area (Å²) in [5.74, 6) is -0.0861. The Bertz CT molecular complexity index is 1070. The van der Waals surface area contributed by atoms with Crippen molar-refractivity contribution in [2.75, 3.05) is 0 Å². The van der Waals surface area contributed by atoms with Crippen LogP contribution < -0.4 is 5.32 Å². The number of pyridine rings is 1. The van der Waals surface area contributed by atoms with Crippen LogP contribution in [0.2, 0.25) is 0 Å². The van der Waals surface area contributed by atoms with E-state index >= 15 is 0 Å². The van der Waals surface area contributed by atoms with Gasteiger partial charge < -0.3 is 5.32 Å². The molecule has 4 aromatic rings. The van der Waals surface area contributed by atoms with Crippen LogP contribution in [0.15, 0.2) is 84.5 Å². The second-order valence-electron chi connectivity index (χ2n) is 6.69. The minimum absolute atomic E-state index is 0.0861. The molecule has 0 fully saturated rings. The number of carbonyl (C=O) groups excluding carboxylic acids is 1. The van der Waals surface area contributed by atoms with E-state index in [1.165, 1.54) is 10.4 Å². The third-order valence-corrected chi connectivity index (χ3v) is 5.50. The normalized spacial score (nSPS) is 10.6. The SMILES string of the molecule is Cc1ccc(-c2ccc(C(=O)NCc3cncc(-c4cccs4)c3)cc2)cc1. The number of nitrogens with zero attached hydrogens (tertiary/aromatic N) is 1. The molecular weight excluding hydrogens is 364 g/mol. The summed E-state index contributed by atoms with van der Waals surface area (Å²) in [6.07, 6.45) is 3.64.